The van der Waals surface area contributed by atoms with E-state index in [-0.39, 0.29) is 17.6 Å². The molecule has 1 heterocycles. The molecule has 0 radical (unpaired) electrons. The van der Waals surface area contributed by atoms with Gasteiger partial charge in [-0.3, -0.25) is 0 Å². The third kappa shape index (κ3) is 3.58. The highest BCUT2D eigenvalue weighted by Gasteiger charge is 2.10. The average molecular weight is 328 g/mol. The number of rotatable bonds is 5. The summed E-state index contributed by atoms with van der Waals surface area (Å²) < 4.78 is 24.6. The number of benzene rings is 1. The molecule has 0 amide bonds. The summed E-state index contributed by atoms with van der Waals surface area (Å²) in [5.41, 5.74) is 0.865. The van der Waals surface area contributed by atoms with Crippen LogP contribution in [0.15, 0.2) is 39.4 Å². The van der Waals surface area contributed by atoms with Gasteiger partial charge in [-0.25, -0.2) is 4.39 Å². The summed E-state index contributed by atoms with van der Waals surface area (Å²) in [4.78, 5) is 0. The van der Waals surface area contributed by atoms with Crippen LogP contribution in [0, 0.1) is 5.82 Å². The summed E-state index contributed by atoms with van der Waals surface area (Å²) in [5.74, 6) is 0.730. The fourth-order valence-corrected chi connectivity index (χ4v) is 2.11. The van der Waals surface area contributed by atoms with Gasteiger partial charge in [0.1, 0.15) is 5.76 Å². The fourth-order valence-electron chi connectivity index (χ4n) is 1.77. The molecule has 0 spiro atoms. The van der Waals surface area contributed by atoms with E-state index in [1.807, 2.05) is 25.1 Å². The van der Waals surface area contributed by atoms with Crippen molar-refractivity contribution in [2.75, 3.05) is 7.11 Å². The van der Waals surface area contributed by atoms with Crippen LogP contribution in [0.2, 0.25) is 0 Å². The van der Waals surface area contributed by atoms with E-state index in [2.05, 4.69) is 21.2 Å². The van der Waals surface area contributed by atoms with Gasteiger partial charge < -0.3 is 14.5 Å². The maximum Gasteiger partial charge on any atom is 0.169 e. The lowest BCUT2D eigenvalue weighted by Crippen LogP contribution is -2.17. The second kappa shape index (κ2) is 6.21. The van der Waals surface area contributed by atoms with Crippen LogP contribution in [-0.2, 0) is 6.54 Å². The van der Waals surface area contributed by atoms with Crippen molar-refractivity contribution in [3.05, 3.63) is 52.1 Å². The largest absolute Gasteiger partial charge is 0.494 e. The maximum atomic E-state index is 13.6. The van der Waals surface area contributed by atoms with Crippen molar-refractivity contribution in [3.8, 4) is 5.75 Å². The molecule has 0 fully saturated rings. The zero-order valence-electron chi connectivity index (χ0n) is 10.7. The van der Waals surface area contributed by atoms with E-state index in [9.17, 15) is 4.39 Å². The molecule has 0 aliphatic rings. The monoisotopic (exact) mass is 327 g/mol. The summed E-state index contributed by atoms with van der Waals surface area (Å²) in [6.45, 7) is 2.56. The van der Waals surface area contributed by atoms with Gasteiger partial charge in [0.25, 0.3) is 0 Å². The Morgan fingerprint density at radius 2 is 2.16 bits per heavy atom. The molecular formula is C14H15BrFNO2. The first-order valence-electron chi connectivity index (χ1n) is 5.91. The van der Waals surface area contributed by atoms with Gasteiger partial charge in [0, 0.05) is 6.04 Å². The summed E-state index contributed by atoms with van der Waals surface area (Å²) in [5, 5.41) is 3.27. The van der Waals surface area contributed by atoms with Gasteiger partial charge in [0.15, 0.2) is 16.2 Å². The standard InChI is InChI=1S/C14H15BrFNO2/c1-9(17-8-11-4-6-14(15)19-11)10-3-5-13(18-2)12(16)7-10/h3-7,9,17H,8H2,1-2H3. The SMILES string of the molecule is COc1ccc(C(C)NCc2ccc(Br)o2)cc1F. The highest BCUT2D eigenvalue weighted by atomic mass is 79.9. The molecule has 0 saturated carbocycles. The normalized spacial score (nSPS) is 12.4. The first-order valence-corrected chi connectivity index (χ1v) is 6.70. The van der Waals surface area contributed by atoms with E-state index >= 15 is 0 Å². The van der Waals surface area contributed by atoms with Crippen molar-refractivity contribution < 1.29 is 13.5 Å². The molecule has 1 atom stereocenters. The van der Waals surface area contributed by atoms with Crippen molar-refractivity contribution in [1.29, 1.82) is 0 Å². The molecule has 0 aliphatic heterocycles. The van der Waals surface area contributed by atoms with E-state index in [0.29, 0.717) is 11.2 Å². The molecule has 19 heavy (non-hydrogen) atoms. The van der Waals surface area contributed by atoms with Crippen LogP contribution < -0.4 is 10.1 Å². The van der Waals surface area contributed by atoms with Gasteiger partial charge in [-0.05, 0) is 52.7 Å². The molecule has 1 aromatic carbocycles. The van der Waals surface area contributed by atoms with Crippen LogP contribution in [0.3, 0.4) is 0 Å². The van der Waals surface area contributed by atoms with E-state index in [1.165, 1.54) is 13.2 Å². The van der Waals surface area contributed by atoms with E-state index in [1.54, 1.807) is 6.07 Å². The fraction of sp³-hybridized carbons (Fsp3) is 0.286. The lowest BCUT2D eigenvalue weighted by Gasteiger charge is -2.14. The second-order valence-electron chi connectivity index (χ2n) is 4.20. The molecule has 5 heteroatoms. The van der Waals surface area contributed by atoms with Crippen LogP contribution in [0.5, 0.6) is 5.75 Å². The predicted molar refractivity (Wildman–Crippen MR) is 74.6 cm³/mol. The van der Waals surface area contributed by atoms with Crippen molar-refractivity contribution in [2.24, 2.45) is 0 Å². The van der Waals surface area contributed by atoms with Crippen molar-refractivity contribution in [3.63, 3.8) is 0 Å². The minimum atomic E-state index is -0.352. The molecule has 102 valence electrons. The molecule has 2 rings (SSSR count). The molecule has 1 unspecified atom stereocenters. The molecule has 0 bridgehead atoms. The number of ether oxygens (including phenoxy) is 1. The minimum absolute atomic E-state index is 0.0179. The molecule has 0 aliphatic carbocycles. The average Bonchev–Trinajstić information content (AvgIpc) is 2.81. The minimum Gasteiger partial charge on any atom is -0.494 e. The summed E-state index contributed by atoms with van der Waals surface area (Å²) in [7, 11) is 1.45. The van der Waals surface area contributed by atoms with E-state index in [4.69, 9.17) is 9.15 Å². The molecular weight excluding hydrogens is 313 g/mol. The first-order chi connectivity index (χ1) is 9.10. The van der Waals surface area contributed by atoms with Crippen LogP contribution in [0.1, 0.15) is 24.3 Å². The third-order valence-corrected chi connectivity index (χ3v) is 3.31. The van der Waals surface area contributed by atoms with Crippen LogP contribution >= 0.6 is 15.9 Å². The smallest absolute Gasteiger partial charge is 0.169 e. The zero-order chi connectivity index (χ0) is 13.8. The number of hydrogen-bond donors (Lipinski definition) is 1. The molecule has 1 aromatic heterocycles. The number of furan rings is 1. The van der Waals surface area contributed by atoms with E-state index < -0.39 is 0 Å². The van der Waals surface area contributed by atoms with E-state index in [0.717, 1.165) is 11.3 Å². The number of nitrogens with one attached hydrogen (secondary N) is 1. The Bertz CT molecular complexity index is 556. The number of hydrogen-bond acceptors (Lipinski definition) is 3. The second-order valence-corrected chi connectivity index (χ2v) is 4.98. The van der Waals surface area contributed by atoms with Gasteiger partial charge in [-0.1, -0.05) is 6.07 Å². The van der Waals surface area contributed by atoms with Gasteiger partial charge in [-0.15, -0.1) is 0 Å². The molecule has 3 nitrogen and oxygen atoms in total. The lowest BCUT2D eigenvalue weighted by atomic mass is 10.1. The first kappa shape index (κ1) is 14.1. The van der Waals surface area contributed by atoms with Crippen LogP contribution in [-0.4, -0.2) is 7.11 Å². The Morgan fingerprint density at radius 3 is 2.74 bits per heavy atom. The van der Waals surface area contributed by atoms with Gasteiger partial charge in [0.05, 0.1) is 13.7 Å². The Balaban J connectivity index is 1.99. The molecule has 0 saturated heterocycles. The van der Waals surface area contributed by atoms with Gasteiger partial charge >= 0.3 is 0 Å². The summed E-state index contributed by atoms with van der Waals surface area (Å²) >= 11 is 3.25. The number of halogens is 2. The number of methoxy groups -OCH3 is 1. The highest BCUT2D eigenvalue weighted by Crippen LogP contribution is 2.22. The summed E-state index contributed by atoms with van der Waals surface area (Å²) in [6.07, 6.45) is 0. The highest BCUT2D eigenvalue weighted by molar-refractivity contribution is 9.10. The summed E-state index contributed by atoms with van der Waals surface area (Å²) in [6, 6.07) is 8.70. The van der Waals surface area contributed by atoms with Crippen LogP contribution in [0.4, 0.5) is 4.39 Å². The van der Waals surface area contributed by atoms with Crippen molar-refractivity contribution in [2.45, 2.75) is 19.5 Å². The maximum absolute atomic E-state index is 13.6. The Kier molecular flexibility index (Phi) is 4.61. The van der Waals surface area contributed by atoms with Crippen LogP contribution in [0.25, 0.3) is 0 Å². The van der Waals surface area contributed by atoms with Gasteiger partial charge in [-0.2, -0.15) is 0 Å². The van der Waals surface area contributed by atoms with Crippen molar-refractivity contribution in [1.82, 2.24) is 5.32 Å². The lowest BCUT2D eigenvalue weighted by molar-refractivity contribution is 0.385. The zero-order valence-corrected chi connectivity index (χ0v) is 12.3. The third-order valence-electron chi connectivity index (χ3n) is 2.89. The Hall–Kier alpha value is -1.33. The quantitative estimate of drug-likeness (QED) is 0.899. The topological polar surface area (TPSA) is 34.4 Å². The Labute approximate surface area is 119 Å². The van der Waals surface area contributed by atoms with Gasteiger partial charge in [0.2, 0.25) is 0 Å². The Morgan fingerprint density at radius 1 is 1.37 bits per heavy atom. The molecule has 2 aromatic rings. The predicted octanol–water partition coefficient (Wildman–Crippen LogP) is 4.04. The van der Waals surface area contributed by atoms with Crippen molar-refractivity contribution >= 4 is 15.9 Å². The molecule has 1 N–H and O–H groups in total.